The molecule has 0 radical (unpaired) electrons. The zero-order chi connectivity index (χ0) is 35.7. The van der Waals surface area contributed by atoms with Crippen molar-refractivity contribution in [2.75, 3.05) is 26.1 Å². The van der Waals surface area contributed by atoms with Crippen molar-refractivity contribution in [2.24, 2.45) is 5.41 Å². The lowest BCUT2D eigenvalue weighted by atomic mass is 9.97. The number of rotatable bonds is 15. The van der Waals surface area contributed by atoms with Crippen LogP contribution >= 0.6 is 7.82 Å². The summed E-state index contributed by atoms with van der Waals surface area (Å²) >= 11 is 0. The SMILES string of the molecule is CCC(=O)OCc1ccc(OP(=O)(OC)OC2[C@H](NC(=O)OC(C)CS(=O)(=O)c3ccc(C)cc3)CO[C@@H]2COC(=O)C(C)(C)C)cc1. The predicted molar refractivity (Wildman–Crippen MR) is 173 cm³/mol. The molecule has 1 aliphatic heterocycles. The molecule has 1 amide bonds. The molecule has 1 N–H and O–H groups in total. The standard InChI is InChI=1S/C32H44NO13PS/c1-8-28(34)42-17-23-11-13-24(14-12-23)45-47(37,40-7)46-29-26(18-41-27(29)19-43-30(35)32(4,5)6)33-31(36)44-22(3)20-48(38,39)25-15-9-21(2)10-16-25/h9-16,22,26-27,29H,8,17-20H2,1-7H3,(H,33,36)/t22?,26-,27-,29?,47?/m1/s1. The number of hydrogen-bond donors (Lipinski definition) is 1. The number of esters is 2. The molecule has 2 aromatic rings. The van der Waals surface area contributed by atoms with Crippen LogP contribution in [-0.4, -0.2) is 76.9 Å². The minimum Gasteiger partial charge on any atom is -0.462 e. The Kier molecular flexibility index (Phi) is 13.6. The topological polar surface area (TPSA) is 179 Å². The van der Waals surface area contributed by atoms with E-state index < -0.39 is 65.2 Å². The summed E-state index contributed by atoms with van der Waals surface area (Å²) in [6, 6.07) is 11.5. The highest BCUT2D eigenvalue weighted by Crippen LogP contribution is 2.51. The van der Waals surface area contributed by atoms with Gasteiger partial charge >= 0.3 is 25.9 Å². The van der Waals surface area contributed by atoms with Crippen LogP contribution in [0.4, 0.5) is 4.79 Å². The van der Waals surface area contributed by atoms with Crippen molar-refractivity contribution in [1.29, 1.82) is 0 Å². The molecule has 14 nitrogen and oxygen atoms in total. The van der Waals surface area contributed by atoms with Crippen molar-refractivity contribution in [3.8, 4) is 5.75 Å². The molecule has 1 saturated heterocycles. The number of benzene rings is 2. The second-order valence-electron chi connectivity index (χ2n) is 12.2. The minimum absolute atomic E-state index is 0.0414. The monoisotopic (exact) mass is 713 g/mol. The zero-order valence-electron chi connectivity index (χ0n) is 28.1. The van der Waals surface area contributed by atoms with Crippen LogP contribution in [-0.2, 0) is 58.6 Å². The van der Waals surface area contributed by atoms with Crippen LogP contribution in [0.3, 0.4) is 0 Å². The van der Waals surface area contributed by atoms with Crippen molar-refractivity contribution < 1.29 is 59.9 Å². The molecule has 1 heterocycles. The number of sulfone groups is 1. The van der Waals surface area contributed by atoms with Gasteiger partial charge in [-0.05, 0) is 64.4 Å². The van der Waals surface area contributed by atoms with E-state index in [1.165, 1.54) is 31.2 Å². The maximum Gasteiger partial charge on any atom is 0.530 e. The number of amides is 1. The molecule has 3 rings (SSSR count). The van der Waals surface area contributed by atoms with Gasteiger partial charge in [-0.25, -0.2) is 17.8 Å². The predicted octanol–water partition coefficient (Wildman–Crippen LogP) is 4.91. The summed E-state index contributed by atoms with van der Waals surface area (Å²) in [5, 5.41) is 2.57. The third-order valence-corrected chi connectivity index (χ3v) is 10.3. The highest BCUT2D eigenvalue weighted by atomic mass is 32.2. The van der Waals surface area contributed by atoms with Gasteiger partial charge in [0.1, 0.15) is 37.3 Å². The molecule has 1 aliphatic rings. The van der Waals surface area contributed by atoms with E-state index in [0.29, 0.717) is 5.56 Å². The first-order valence-electron chi connectivity index (χ1n) is 15.3. The summed E-state index contributed by atoms with van der Waals surface area (Å²) in [5.74, 6) is -1.25. The summed E-state index contributed by atoms with van der Waals surface area (Å²) in [5.41, 5.74) is 0.732. The molecular weight excluding hydrogens is 669 g/mol. The van der Waals surface area contributed by atoms with Crippen LogP contribution in [0.5, 0.6) is 5.75 Å². The number of phosphoric ester groups is 1. The van der Waals surface area contributed by atoms with E-state index in [2.05, 4.69) is 5.32 Å². The van der Waals surface area contributed by atoms with Crippen LogP contribution in [0.2, 0.25) is 0 Å². The Hall–Kier alpha value is -3.49. The first-order valence-corrected chi connectivity index (χ1v) is 18.4. The van der Waals surface area contributed by atoms with E-state index in [-0.39, 0.29) is 42.9 Å². The third-order valence-electron chi connectivity index (χ3n) is 6.99. The van der Waals surface area contributed by atoms with Gasteiger partial charge in [-0.1, -0.05) is 36.8 Å². The average molecular weight is 714 g/mol. The van der Waals surface area contributed by atoms with E-state index in [4.69, 9.17) is 32.5 Å². The molecule has 2 aromatic carbocycles. The van der Waals surface area contributed by atoms with E-state index in [0.717, 1.165) is 12.7 Å². The summed E-state index contributed by atoms with van der Waals surface area (Å²) in [4.78, 5) is 36.9. The molecule has 0 saturated carbocycles. The number of phosphoric acid groups is 1. The van der Waals surface area contributed by atoms with Crippen LogP contribution in [0.1, 0.15) is 52.2 Å². The van der Waals surface area contributed by atoms with Crippen molar-refractivity contribution in [2.45, 2.75) is 83.8 Å². The first kappa shape index (κ1) is 39.0. The van der Waals surface area contributed by atoms with Crippen LogP contribution in [0.15, 0.2) is 53.4 Å². The number of alkyl carbamates (subject to hydrolysis) is 1. The fraction of sp³-hybridized carbons (Fsp3) is 0.531. The second-order valence-corrected chi connectivity index (χ2v) is 15.9. The highest BCUT2D eigenvalue weighted by molar-refractivity contribution is 7.91. The summed E-state index contributed by atoms with van der Waals surface area (Å²) in [6.45, 7) is 9.53. The van der Waals surface area contributed by atoms with E-state index >= 15 is 0 Å². The summed E-state index contributed by atoms with van der Waals surface area (Å²) in [6.07, 6.45) is -4.02. The van der Waals surface area contributed by atoms with Gasteiger partial charge in [0.05, 0.1) is 28.7 Å². The molecule has 5 atom stereocenters. The first-order chi connectivity index (χ1) is 22.4. The van der Waals surface area contributed by atoms with Gasteiger partial charge in [0.2, 0.25) is 0 Å². The Morgan fingerprint density at radius 3 is 2.27 bits per heavy atom. The minimum atomic E-state index is -4.39. The molecule has 266 valence electrons. The molecule has 1 fully saturated rings. The van der Waals surface area contributed by atoms with Gasteiger partial charge in [0.25, 0.3) is 0 Å². The van der Waals surface area contributed by atoms with Crippen molar-refractivity contribution in [3.05, 3.63) is 59.7 Å². The Balaban J connectivity index is 1.72. The molecular formula is C32H44NO13PS. The van der Waals surface area contributed by atoms with E-state index in [1.54, 1.807) is 52.0 Å². The molecule has 48 heavy (non-hydrogen) atoms. The lowest BCUT2D eigenvalue weighted by molar-refractivity contribution is -0.157. The Morgan fingerprint density at radius 2 is 1.69 bits per heavy atom. The van der Waals surface area contributed by atoms with Gasteiger partial charge < -0.3 is 28.8 Å². The largest absolute Gasteiger partial charge is 0.530 e. The number of aryl methyl sites for hydroxylation is 1. The van der Waals surface area contributed by atoms with Gasteiger partial charge in [-0.3, -0.25) is 18.6 Å². The fourth-order valence-electron chi connectivity index (χ4n) is 4.30. The van der Waals surface area contributed by atoms with Gasteiger partial charge in [-0.2, -0.15) is 0 Å². The van der Waals surface area contributed by atoms with Gasteiger partial charge in [0.15, 0.2) is 9.84 Å². The molecule has 0 bridgehead atoms. The number of carbonyl (C=O) groups is 3. The van der Waals surface area contributed by atoms with E-state index in [1.807, 2.05) is 6.92 Å². The fourth-order valence-corrected chi connectivity index (χ4v) is 6.90. The Bertz CT molecular complexity index is 1560. The summed E-state index contributed by atoms with van der Waals surface area (Å²) in [7, 11) is -7.04. The van der Waals surface area contributed by atoms with Crippen LogP contribution in [0.25, 0.3) is 0 Å². The summed E-state index contributed by atoms with van der Waals surface area (Å²) < 4.78 is 77.6. The van der Waals surface area contributed by atoms with E-state index in [9.17, 15) is 27.4 Å². The normalized spacial score (nSPS) is 19.9. The second kappa shape index (κ2) is 16.8. The zero-order valence-corrected chi connectivity index (χ0v) is 29.8. The third kappa shape index (κ3) is 11.6. The molecule has 3 unspecified atom stereocenters. The lowest BCUT2D eigenvalue weighted by Gasteiger charge is -2.27. The highest BCUT2D eigenvalue weighted by Gasteiger charge is 2.46. The molecule has 0 aliphatic carbocycles. The molecule has 0 aromatic heterocycles. The maximum absolute atomic E-state index is 13.7. The smallest absolute Gasteiger partial charge is 0.462 e. The number of nitrogens with one attached hydrogen (secondary N) is 1. The lowest BCUT2D eigenvalue weighted by Crippen LogP contribution is -2.47. The average Bonchev–Trinajstić information content (AvgIpc) is 3.38. The van der Waals surface area contributed by atoms with Crippen LogP contribution < -0.4 is 9.84 Å². The number of ether oxygens (including phenoxy) is 4. The van der Waals surface area contributed by atoms with Crippen molar-refractivity contribution in [3.63, 3.8) is 0 Å². The number of carbonyl (C=O) groups excluding carboxylic acids is 3. The Labute approximate surface area is 281 Å². The van der Waals surface area contributed by atoms with Crippen molar-refractivity contribution >= 4 is 35.7 Å². The molecule has 16 heteroatoms. The van der Waals surface area contributed by atoms with Gasteiger partial charge in [0, 0.05) is 13.5 Å². The number of hydrogen-bond acceptors (Lipinski definition) is 13. The Morgan fingerprint density at radius 1 is 1.04 bits per heavy atom. The quantitative estimate of drug-likeness (QED) is 0.150. The van der Waals surface area contributed by atoms with Crippen molar-refractivity contribution in [1.82, 2.24) is 5.32 Å². The maximum atomic E-state index is 13.7. The molecule has 0 spiro atoms. The van der Waals surface area contributed by atoms with Crippen LogP contribution in [0, 0.1) is 12.3 Å². The van der Waals surface area contributed by atoms with Gasteiger partial charge in [-0.15, -0.1) is 0 Å².